The van der Waals surface area contributed by atoms with Gasteiger partial charge in [0, 0.05) is 19.7 Å². The molecule has 0 aromatic heterocycles. The highest BCUT2D eigenvalue weighted by molar-refractivity contribution is 5.84. The van der Waals surface area contributed by atoms with Gasteiger partial charge in [-0.1, -0.05) is 0 Å². The molecule has 0 saturated carbocycles. The van der Waals surface area contributed by atoms with Gasteiger partial charge in [-0.15, -0.1) is 0 Å². The molecule has 1 atom stereocenters. The molecule has 6 nitrogen and oxygen atoms in total. The molecule has 0 aliphatic rings. The third kappa shape index (κ3) is 4.62. The highest BCUT2D eigenvalue weighted by atomic mass is 16.5. The molecule has 1 rings (SSSR count). The van der Waals surface area contributed by atoms with E-state index < -0.39 is 6.04 Å². The Kier molecular flexibility index (Phi) is 6.66. The summed E-state index contributed by atoms with van der Waals surface area (Å²) in [5.41, 5.74) is 0.709. The van der Waals surface area contributed by atoms with Crippen LogP contribution in [-0.2, 0) is 9.53 Å². The fraction of sp³-hybridized carbons (Fsp3) is 0.500. The number of carbonyl (C=O) groups excluding carboxylic acids is 1. The number of benzene rings is 1. The largest absolute Gasteiger partial charge is 0.497 e. The van der Waals surface area contributed by atoms with E-state index in [1.54, 1.807) is 46.5 Å². The van der Waals surface area contributed by atoms with E-state index in [4.69, 9.17) is 14.2 Å². The summed E-state index contributed by atoms with van der Waals surface area (Å²) >= 11 is 0. The van der Waals surface area contributed by atoms with Crippen LogP contribution in [-0.4, -0.2) is 46.4 Å². The van der Waals surface area contributed by atoms with Crippen molar-refractivity contribution in [1.82, 2.24) is 5.32 Å². The molecule has 1 aromatic rings. The van der Waals surface area contributed by atoms with Crippen LogP contribution < -0.4 is 20.1 Å². The van der Waals surface area contributed by atoms with E-state index >= 15 is 0 Å². The van der Waals surface area contributed by atoms with Crippen LogP contribution in [0, 0.1) is 0 Å². The topological polar surface area (TPSA) is 68.8 Å². The maximum Gasteiger partial charge on any atom is 0.242 e. The highest BCUT2D eigenvalue weighted by Gasteiger charge is 2.14. The van der Waals surface area contributed by atoms with Crippen molar-refractivity contribution in [3.63, 3.8) is 0 Å². The molecule has 0 bridgehead atoms. The van der Waals surface area contributed by atoms with Crippen LogP contribution in [0.4, 0.5) is 5.69 Å². The minimum absolute atomic E-state index is 0.105. The van der Waals surface area contributed by atoms with Crippen LogP contribution in [0.1, 0.15) is 6.92 Å². The molecule has 112 valence electrons. The Bertz CT molecular complexity index is 437. The Morgan fingerprint density at radius 1 is 1.25 bits per heavy atom. The Hall–Kier alpha value is -1.95. The summed E-state index contributed by atoms with van der Waals surface area (Å²) in [4.78, 5) is 11.9. The van der Waals surface area contributed by atoms with E-state index in [0.717, 1.165) is 0 Å². The van der Waals surface area contributed by atoms with Gasteiger partial charge in [-0.25, -0.2) is 0 Å². The van der Waals surface area contributed by atoms with Gasteiger partial charge >= 0.3 is 0 Å². The van der Waals surface area contributed by atoms with Crippen LogP contribution in [0.5, 0.6) is 11.5 Å². The average Bonchev–Trinajstić information content (AvgIpc) is 2.47. The first-order valence-electron chi connectivity index (χ1n) is 6.37. The standard InChI is InChI=1S/C14H22N2O4/c1-10(14(17)15-7-8-18-2)16-12-9-11(19-3)5-6-13(12)20-4/h5-6,9-10,16H,7-8H2,1-4H3,(H,15,17). The van der Waals surface area contributed by atoms with Crippen molar-refractivity contribution in [3.8, 4) is 11.5 Å². The highest BCUT2D eigenvalue weighted by Crippen LogP contribution is 2.29. The quantitative estimate of drug-likeness (QED) is 0.703. The second-order valence-electron chi connectivity index (χ2n) is 4.22. The van der Waals surface area contributed by atoms with Gasteiger partial charge in [-0.05, 0) is 19.1 Å². The predicted octanol–water partition coefficient (Wildman–Crippen LogP) is 1.27. The van der Waals surface area contributed by atoms with Crippen molar-refractivity contribution in [2.75, 3.05) is 39.8 Å². The maximum atomic E-state index is 11.9. The van der Waals surface area contributed by atoms with Crippen molar-refractivity contribution < 1.29 is 19.0 Å². The van der Waals surface area contributed by atoms with E-state index in [0.29, 0.717) is 30.3 Å². The van der Waals surface area contributed by atoms with Gasteiger partial charge in [-0.3, -0.25) is 4.79 Å². The van der Waals surface area contributed by atoms with Crippen LogP contribution in [0.25, 0.3) is 0 Å². The second-order valence-corrected chi connectivity index (χ2v) is 4.22. The molecule has 2 N–H and O–H groups in total. The number of amides is 1. The zero-order valence-corrected chi connectivity index (χ0v) is 12.4. The molecule has 6 heteroatoms. The molecule has 20 heavy (non-hydrogen) atoms. The lowest BCUT2D eigenvalue weighted by Crippen LogP contribution is -2.39. The van der Waals surface area contributed by atoms with E-state index in [9.17, 15) is 4.79 Å². The monoisotopic (exact) mass is 282 g/mol. The molecule has 1 aromatic carbocycles. The van der Waals surface area contributed by atoms with E-state index in [1.807, 2.05) is 0 Å². The molecule has 0 aliphatic heterocycles. The fourth-order valence-corrected chi connectivity index (χ4v) is 1.66. The number of methoxy groups -OCH3 is 3. The van der Waals surface area contributed by atoms with Crippen LogP contribution >= 0.6 is 0 Å². The number of rotatable bonds is 8. The first-order valence-corrected chi connectivity index (χ1v) is 6.37. The van der Waals surface area contributed by atoms with Crippen molar-refractivity contribution in [2.24, 2.45) is 0 Å². The lowest BCUT2D eigenvalue weighted by molar-refractivity contribution is -0.121. The summed E-state index contributed by atoms with van der Waals surface area (Å²) in [6.45, 7) is 2.75. The minimum atomic E-state index is -0.395. The summed E-state index contributed by atoms with van der Waals surface area (Å²) < 4.78 is 15.3. The van der Waals surface area contributed by atoms with E-state index in [2.05, 4.69) is 10.6 Å². The summed E-state index contributed by atoms with van der Waals surface area (Å²) in [5.74, 6) is 1.24. The van der Waals surface area contributed by atoms with Gasteiger partial charge in [-0.2, -0.15) is 0 Å². The molecule has 1 unspecified atom stereocenters. The number of carbonyl (C=O) groups is 1. The number of ether oxygens (including phenoxy) is 3. The van der Waals surface area contributed by atoms with Crippen molar-refractivity contribution in [1.29, 1.82) is 0 Å². The summed E-state index contributed by atoms with van der Waals surface area (Å²) in [7, 11) is 4.76. The molecule has 1 amide bonds. The van der Waals surface area contributed by atoms with Crippen molar-refractivity contribution in [3.05, 3.63) is 18.2 Å². The summed E-state index contributed by atoms with van der Waals surface area (Å²) in [6.07, 6.45) is 0. The molecule has 0 heterocycles. The summed E-state index contributed by atoms with van der Waals surface area (Å²) in [6, 6.07) is 4.98. The van der Waals surface area contributed by atoms with E-state index in [1.165, 1.54) is 0 Å². The Morgan fingerprint density at radius 2 is 2.00 bits per heavy atom. The predicted molar refractivity (Wildman–Crippen MR) is 77.5 cm³/mol. The molecule has 0 fully saturated rings. The molecule has 0 saturated heterocycles. The zero-order chi connectivity index (χ0) is 15.0. The maximum absolute atomic E-state index is 11.9. The zero-order valence-electron chi connectivity index (χ0n) is 12.4. The lowest BCUT2D eigenvalue weighted by Gasteiger charge is -2.18. The molecule has 0 spiro atoms. The molecular weight excluding hydrogens is 260 g/mol. The fourth-order valence-electron chi connectivity index (χ4n) is 1.66. The van der Waals surface area contributed by atoms with Gasteiger partial charge in [0.05, 0.1) is 26.5 Å². The average molecular weight is 282 g/mol. The van der Waals surface area contributed by atoms with Crippen LogP contribution in [0.2, 0.25) is 0 Å². The normalized spacial score (nSPS) is 11.6. The smallest absolute Gasteiger partial charge is 0.242 e. The number of hydrogen-bond donors (Lipinski definition) is 2. The van der Waals surface area contributed by atoms with Gasteiger partial charge in [0.15, 0.2) is 0 Å². The van der Waals surface area contributed by atoms with Crippen LogP contribution in [0.15, 0.2) is 18.2 Å². The van der Waals surface area contributed by atoms with Gasteiger partial charge < -0.3 is 24.8 Å². The number of hydrogen-bond acceptors (Lipinski definition) is 5. The van der Waals surface area contributed by atoms with Gasteiger partial charge in [0.2, 0.25) is 5.91 Å². The van der Waals surface area contributed by atoms with Gasteiger partial charge in [0.1, 0.15) is 17.5 Å². The number of anilines is 1. The Labute approximate surface area is 119 Å². The van der Waals surface area contributed by atoms with Gasteiger partial charge in [0.25, 0.3) is 0 Å². The minimum Gasteiger partial charge on any atom is -0.497 e. The first kappa shape index (κ1) is 16.1. The Balaban J connectivity index is 2.68. The third-order valence-electron chi connectivity index (χ3n) is 2.78. The third-order valence-corrected chi connectivity index (χ3v) is 2.78. The summed E-state index contributed by atoms with van der Waals surface area (Å²) in [5, 5.41) is 5.88. The lowest BCUT2D eigenvalue weighted by atomic mass is 10.2. The molecular formula is C14H22N2O4. The van der Waals surface area contributed by atoms with Crippen LogP contribution in [0.3, 0.4) is 0 Å². The van der Waals surface area contributed by atoms with Crippen molar-refractivity contribution in [2.45, 2.75) is 13.0 Å². The first-order chi connectivity index (χ1) is 9.62. The second kappa shape index (κ2) is 8.27. The molecule has 0 radical (unpaired) electrons. The van der Waals surface area contributed by atoms with Crippen molar-refractivity contribution >= 4 is 11.6 Å². The molecule has 0 aliphatic carbocycles. The number of nitrogens with one attached hydrogen (secondary N) is 2. The SMILES string of the molecule is COCCNC(=O)C(C)Nc1cc(OC)ccc1OC. The van der Waals surface area contributed by atoms with E-state index in [-0.39, 0.29) is 5.91 Å². The Morgan fingerprint density at radius 3 is 2.60 bits per heavy atom.